The summed E-state index contributed by atoms with van der Waals surface area (Å²) in [5.41, 5.74) is 3.61. The van der Waals surface area contributed by atoms with E-state index in [9.17, 15) is 24.3 Å². The number of fused-ring (bicyclic) bond motifs is 3. The average molecular weight is 641 g/mol. The number of aliphatic hydroxyl groups excluding tert-OH is 1. The van der Waals surface area contributed by atoms with Crippen molar-refractivity contribution in [2.24, 2.45) is 5.92 Å². The number of aliphatic hydroxyl groups is 1. The molecular weight excluding hydrogens is 604 g/mol. The number of pyridine rings is 1. The number of ether oxygens (including phenoxy) is 1. The van der Waals surface area contributed by atoms with Crippen molar-refractivity contribution in [2.75, 3.05) is 19.7 Å². The number of amides is 4. The lowest BCUT2D eigenvalue weighted by atomic mass is 9.99. The van der Waals surface area contributed by atoms with E-state index in [2.05, 4.69) is 25.9 Å². The smallest absolute Gasteiger partial charge is 0.255 e. The number of oxazole rings is 1. The van der Waals surface area contributed by atoms with E-state index < -0.39 is 47.9 Å². The summed E-state index contributed by atoms with van der Waals surface area (Å²) >= 11 is 0. The number of carbonyl (C=O) groups excluding carboxylic acids is 4. The third kappa shape index (κ3) is 6.66. The first kappa shape index (κ1) is 31.7. The maximum Gasteiger partial charge on any atom is 0.255 e. The van der Waals surface area contributed by atoms with E-state index in [-0.39, 0.29) is 43.3 Å². The fourth-order valence-corrected chi connectivity index (χ4v) is 5.86. The first-order valence-electron chi connectivity index (χ1n) is 15.5. The van der Waals surface area contributed by atoms with Gasteiger partial charge in [-0.05, 0) is 60.4 Å². The largest absolute Gasteiger partial charge is 0.491 e. The molecule has 0 saturated carbocycles. The highest BCUT2D eigenvalue weighted by atomic mass is 16.5. The summed E-state index contributed by atoms with van der Waals surface area (Å²) in [7, 11) is 0. The van der Waals surface area contributed by atoms with E-state index in [0.29, 0.717) is 22.6 Å². The first-order valence-corrected chi connectivity index (χ1v) is 15.5. The summed E-state index contributed by atoms with van der Waals surface area (Å²) in [4.78, 5) is 63.6. The molecule has 13 nitrogen and oxygen atoms in total. The Morgan fingerprint density at radius 2 is 1.77 bits per heavy atom. The minimum absolute atomic E-state index is 0.0249. The van der Waals surface area contributed by atoms with Crippen LogP contribution in [0.25, 0.3) is 33.7 Å². The van der Waals surface area contributed by atoms with Crippen molar-refractivity contribution in [1.82, 2.24) is 30.8 Å². The number of carbonyl (C=O) groups is 4. The Bertz CT molecular complexity index is 1820. The lowest BCUT2D eigenvalue weighted by Gasteiger charge is -2.29. The van der Waals surface area contributed by atoms with Gasteiger partial charge in [0.15, 0.2) is 5.58 Å². The summed E-state index contributed by atoms with van der Waals surface area (Å²) in [5.74, 6) is -1.67. The molecule has 2 aliphatic heterocycles. The van der Waals surface area contributed by atoms with E-state index in [0.717, 1.165) is 11.1 Å². The maximum absolute atomic E-state index is 13.8. The first-order chi connectivity index (χ1) is 22.6. The van der Waals surface area contributed by atoms with E-state index in [1.807, 2.05) is 24.3 Å². The molecule has 4 aromatic rings. The molecule has 2 aromatic carbocycles. The zero-order valence-corrected chi connectivity index (χ0v) is 26.2. The molecule has 4 N–H and O–H groups in total. The Labute approximate surface area is 270 Å². The van der Waals surface area contributed by atoms with Gasteiger partial charge >= 0.3 is 0 Å². The van der Waals surface area contributed by atoms with E-state index in [1.165, 1.54) is 11.8 Å². The Balaban J connectivity index is 1.32. The Kier molecular flexibility index (Phi) is 8.90. The number of aromatic nitrogens is 2. The second kappa shape index (κ2) is 13.2. The quantitative estimate of drug-likeness (QED) is 0.262. The van der Waals surface area contributed by atoms with Crippen LogP contribution < -0.4 is 20.7 Å². The van der Waals surface area contributed by atoms with Crippen molar-refractivity contribution in [2.45, 2.75) is 51.4 Å². The molecule has 2 aliphatic rings. The third-order valence-electron chi connectivity index (χ3n) is 8.34. The zero-order chi connectivity index (χ0) is 33.2. The average Bonchev–Trinajstić information content (AvgIpc) is 3.68. The molecule has 244 valence electrons. The van der Waals surface area contributed by atoms with Crippen molar-refractivity contribution in [3.8, 4) is 28.3 Å². The molecule has 0 bridgehead atoms. The lowest BCUT2D eigenvalue weighted by molar-refractivity contribution is -0.141. The van der Waals surface area contributed by atoms with Crippen molar-refractivity contribution >= 4 is 34.7 Å². The highest BCUT2D eigenvalue weighted by molar-refractivity contribution is 6.01. The monoisotopic (exact) mass is 640 g/mol. The Morgan fingerprint density at radius 1 is 0.979 bits per heavy atom. The normalized spacial score (nSPS) is 22.7. The number of nitrogens with zero attached hydrogens (tertiary/aromatic N) is 3. The van der Waals surface area contributed by atoms with Crippen LogP contribution in [0.3, 0.4) is 0 Å². The summed E-state index contributed by atoms with van der Waals surface area (Å²) < 4.78 is 11.9. The van der Waals surface area contributed by atoms with Gasteiger partial charge in [0.25, 0.3) is 5.91 Å². The summed E-state index contributed by atoms with van der Waals surface area (Å²) in [6.45, 7) is 5.19. The van der Waals surface area contributed by atoms with E-state index in [4.69, 9.17) is 9.15 Å². The fourth-order valence-electron chi connectivity index (χ4n) is 5.86. The van der Waals surface area contributed by atoms with Gasteiger partial charge in [-0.1, -0.05) is 26.0 Å². The van der Waals surface area contributed by atoms with Crippen molar-refractivity contribution in [1.29, 1.82) is 0 Å². The Morgan fingerprint density at radius 3 is 2.53 bits per heavy atom. The van der Waals surface area contributed by atoms with Crippen LogP contribution in [0, 0.1) is 5.92 Å². The number of hydrogen-bond acceptors (Lipinski definition) is 9. The molecule has 2 aromatic heterocycles. The molecule has 1 fully saturated rings. The predicted octanol–water partition coefficient (Wildman–Crippen LogP) is 2.29. The van der Waals surface area contributed by atoms with Gasteiger partial charge in [0.2, 0.25) is 23.6 Å². The van der Waals surface area contributed by atoms with Gasteiger partial charge in [-0.3, -0.25) is 24.2 Å². The van der Waals surface area contributed by atoms with E-state index in [1.54, 1.807) is 50.5 Å². The van der Waals surface area contributed by atoms with Crippen LogP contribution in [0.4, 0.5) is 0 Å². The SMILES string of the molecule is CC(C)[C@@H]1NC(=O)c2cc(-c3ccc4oc(-c5cccnc5)nc4c3)ccc2OCCNC(=O)[C@@H]2C[C@H](O)CN2C(=O)[C@@H](C)NC1=O. The number of hydrogen-bond donors (Lipinski definition) is 4. The maximum atomic E-state index is 13.8. The molecule has 4 amide bonds. The molecule has 0 aliphatic carbocycles. The van der Waals surface area contributed by atoms with Gasteiger partial charge in [-0.2, -0.15) is 0 Å². The highest BCUT2D eigenvalue weighted by Crippen LogP contribution is 2.31. The summed E-state index contributed by atoms with van der Waals surface area (Å²) in [5, 5.41) is 18.5. The third-order valence-corrected chi connectivity index (χ3v) is 8.34. The van der Waals surface area contributed by atoms with Crippen LogP contribution in [0.5, 0.6) is 5.75 Å². The molecule has 13 heteroatoms. The van der Waals surface area contributed by atoms with Crippen LogP contribution >= 0.6 is 0 Å². The minimum atomic E-state index is -0.999. The van der Waals surface area contributed by atoms with Crippen molar-refractivity contribution in [3.05, 3.63) is 66.5 Å². The molecule has 4 heterocycles. The zero-order valence-electron chi connectivity index (χ0n) is 26.2. The van der Waals surface area contributed by atoms with Crippen molar-refractivity contribution < 1.29 is 33.4 Å². The second-order valence-electron chi connectivity index (χ2n) is 12.1. The molecule has 0 unspecified atom stereocenters. The Hall–Kier alpha value is -5.30. The molecule has 0 radical (unpaired) electrons. The van der Waals surface area contributed by atoms with Crippen LogP contribution in [-0.4, -0.2) is 87.5 Å². The molecule has 4 atom stereocenters. The van der Waals surface area contributed by atoms with Crippen LogP contribution in [0.2, 0.25) is 0 Å². The number of nitrogens with one attached hydrogen (secondary N) is 3. The molecular formula is C34H36N6O7. The van der Waals surface area contributed by atoms with Gasteiger partial charge in [-0.25, -0.2) is 4.98 Å². The summed E-state index contributed by atoms with van der Waals surface area (Å²) in [6, 6.07) is 11.5. The minimum Gasteiger partial charge on any atom is -0.491 e. The molecule has 6 rings (SSSR count). The van der Waals surface area contributed by atoms with Crippen molar-refractivity contribution in [3.63, 3.8) is 0 Å². The molecule has 0 spiro atoms. The van der Waals surface area contributed by atoms with Crippen LogP contribution in [-0.2, 0) is 14.4 Å². The van der Waals surface area contributed by atoms with Crippen LogP contribution in [0.1, 0.15) is 37.6 Å². The van der Waals surface area contributed by atoms with Gasteiger partial charge < -0.3 is 35.1 Å². The standard InChI is InChI=1S/C34H36N6O7/c1-18(2)29-32(44)37-19(3)34(45)40-17-23(41)15-26(40)31(43)36-11-12-46-27-8-6-20(13-24(27)30(42)39-29)21-7-9-28-25(14-21)38-33(47-28)22-5-4-10-35-16-22/h4-10,13-14,16,18-19,23,26,29,41H,11-12,15,17H2,1-3H3,(H,36,43)(H,37,44)(H,39,42)/t19-,23+,26+,29+/m1/s1. The molecule has 1 saturated heterocycles. The predicted molar refractivity (Wildman–Crippen MR) is 171 cm³/mol. The topological polar surface area (TPSA) is 176 Å². The van der Waals surface area contributed by atoms with Gasteiger partial charge in [0.05, 0.1) is 23.8 Å². The molecule has 47 heavy (non-hydrogen) atoms. The lowest BCUT2D eigenvalue weighted by Crippen LogP contribution is -2.57. The van der Waals surface area contributed by atoms with Gasteiger partial charge in [-0.15, -0.1) is 0 Å². The fraction of sp³-hybridized carbons (Fsp3) is 0.353. The summed E-state index contributed by atoms with van der Waals surface area (Å²) in [6.07, 6.45) is 2.56. The second-order valence-corrected chi connectivity index (χ2v) is 12.1. The van der Waals surface area contributed by atoms with E-state index >= 15 is 0 Å². The van der Waals surface area contributed by atoms with Gasteiger partial charge in [0, 0.05) is 25.4 Å². The van der Waals surface area contributed by atoms with Crippen LogP contribution in [0.15, 0.2) is 65.3 Å². The van der Waals surface area contributed by atoms with Gasteiger partial charge in [0.1, 0.15) is 36.0 Å². The highest BCUT2D eigenvalue weighted by Gasteiger charge is 2.41. The number of rotatable bonds is 3. The number of benzene rings is 2.